The second-order valence-electron chi connectivity index (χ2n) is 3.70. The predicted molar refractivity (Wildman–Crippen MR) is 60.3 cm³/mol. The van der Waals surface area contributed by atoms with Crippen LogP contribution in [0.4, 0.5) is 0 Å². The monoisotopic (exact) mass is 265 g/mol. The quantitative estimate of drug-likeness (QED) is 0.221. The molecule has 106 valence electrons. The van der Waals surface area contributed by atoms with Crippen molar-refractivity contribution in [3.8, 4) is 0 Å². The fraction of sp³-hybridized carbons (Fsp3) is 0.700. The Morgan fingerprint density at radius 2 is 1.67 bits per heavy atom. The van der Waals surface area contributed by atoms with E-state index in [-0.39, 0.29) is 6.54 Å². The van der Waals surface area contributed by atoms with Gasteiger partial charge in [0.2, 0.25) is 0 Å². The Balaban J connectivity index is 4.47. The Morgan fingerprint density at radius 3 is 2.11 bits per heavy atom. The number of hydrogen-bond acceptors (Lipinski definition) is 7. The van der Waals surface area contributed by atoms with Crippen molar-refractivity contribution in [1.82, 2.24) is 5.32 Å². The van der Waals surface area contributed by atoms with Crippen LogP contribution in [0.1, 0.15) is 0 Å². The van der Waals surface area contributed by atoms with Crippen LogP contribution < -0.4 is 5.32 Å². The van der Waals surface area contributed by atoms with Crippen LogP contribution in [0.25, 0.3) is 0 Å². The largest absolute Gasteiger partial charge is 0.394 e. The first-order valence-corrected chi connectivity index (χ1v) is 5.26. The number of rotatable bonds is 8. The molecule has 0 heterocycles. The number of aliphatic hydroxyl groups excluding tert-OH is 6. The molecular weight excluding hydrogens is 246 g/mol. The normalized spacial score (nSPS) is 19.4. The van der Waals surface area contributed by atoms with Crippen LogP contribution in [-0.4, -0.2) is 80.2 Å². The van der Waals surface area contributed by atoms with Gasteiger partial charge in [0.15, 0.2) is 6.10 Å². The van der Waals surface area contributed by atoms with Crippen molar-refractivity contribution in [2.24, 2.45) is 0 Å². The molecule has 8 heteroatoms. The minimum atomic E-state index is -2.01. The number of carbonyl (C=O) groups is 1. The minimum Gasteiger partial charge on any atom is -0.394 e. The van der Waals surface area contributed by atoms with Gasteiger partial charge in [-0.05, 0) is 0 Å². The standard InChI is InChI=1S/C10H19NO7/c1-2-3-11-10(18)9(17)8(16)7(15)6(14)5(13)4-12/h2,5-9,12-17H,1,3-4H2,(H,11,18)/t5-,6+,7-,8-,9-/m1/s1. The van der Waals surface area contributed by atoms with Gasteiger partial charge < -0.3 is 36.0 Å². The number of amides is 1. The van der Waals surface area contributed by atoms with Gasteiger partial charge in [-0.2, -0.15) is 0 Å². The van der Waals surface area contributed by atoms with Crippen LogP contribution in [0.5, 0.6) is 0 Å². The summed E-state index contributed by atoms with van der Waals surface area (Å²) in [4.78, 5) is 11.2. The van der Waals surface area contributed by atoms with Gasteiger partial charge in [0.25, 0.3) is 5.91 Å². The summed E-state index contributed by atoms with van der Waals surface area (Å²) in [5.41, 5.74) is 0. The molecule has 0 aromatic rings. The Morgan fingerprint density at radius 1 is 1.11 bits per heavy atom. The molecule has 0 saturated heterocycles. The lowest BCUT2D eigenvalue weighted by atomic mass is 9.99. The van der Waals surface area contributed by atoms with Crippen molar-refractivity contribution in [1.29, 1.82) is 0 Å². The topological polar surface area (TPSA) is 150 Å². The molecule has 0 unspecified atom stereocenters. The molecule has 0 aliphatic heterocycles. The third kappa shape index (κ3) is 4.69. The van der Waals surface area contributed by atoms with Gasteiger partial charge in [0.1, 0.15) is 24.4 Å². The van der Waals surface area contributed by atoms with E-state index in [1.54, 1.807) is 0 Å². The molecule has 18 heavy (non-hydrogen) atoms. The second kappa shape index (κ2) is 8.14. The van der Waals surface area contributed by atoms with Gasteiger partial charge >= 0.3 is 0 Å². The van der Waals surface area contributed by atoms with Crippen LogP contribution in [-0.2, 0) is 4.79 Å². The summed E-state index contributed by atoms with van der Waals surface area (Å²) < 4.78 is 0. The van der Waals surface area contributed by atoms with E-state index in [0.29, 0.717) is 0 Å². The third-order valence-corrected chi connectivity index (χ3v) is 2.29. The van der Waals surface area contributed by atoms with E-state index in [0.717, 1.165) is 0 Å². The van der Waals surface area contributed by atoms with Crippen molar-refractivity contribution < 1.29 is 35.4 Å². The highest BCUT2D eigenvalue weighted by Crippen LogP contribution is 2.08. The van der Waals surface area contributed by atoms with Crippen LogP contribution in [0.3, 0.4) is 0 Å². The lowest BCUT2D eigenvalue weighted by Gasteiger charge is -2.27. The maximum atomic E-state index is 11.2. The van der Waals surface area contributed by atoms with E-state index in [2.05, 4.69) is 11.9 Å². The number of carbonyl (C=O) groups excluding carboxylic acids is 1. The highest BCUT2D eigenvalue weighted by Gasteiger charge is 2.36. The molecule has 0 spiro atoms. The average Bonchev–Trinajstić information content (AvgIpc) is 2.40. The summed E-state index contributed by atoms with van der Waals surface area (Å²) in [5.74, 6) is -0.966. The molecule has 0 aromatic carbocycles. The summed E-state index contributed by atoms with van der Waals surface area (Å²) >= 11 is 0. The molecule has 0 aliphatic carbocycles. The van der Waals surface area contributed by atoms with E-state index in [4.69, 9.17) is 10.2 Å². The summed E-state index contributed by atoms with van der Waals surface area (Å²) in [6, 6.07) is 0. The summed E-state index contributed by atoms with van der Waals surface area (Å²) in [5, 5.41) is 57.3. The molecule has 0 rings (SSSR count). The van der Waals surface area contributed by atoms with E-state index < -0.39 is 43.0 Å². The molecule has 5 atom stereocenters. The first kappa shape index (κ1) is 17.0. The number of aliphatic hydroxyl groups is 6. The number of nitrogens with one attached hydrogen (secondary N) is 1. The van der Waals surface area contributed by atoms with Gasteiger partial charge in [-0.1, -0.05) is 6.08 Å². The molecular formula is C10H19NO7. The smallest absolute Gasteiger partial charge is 0.251 e. The summed E-state index contributed by atoms with van der Waals surface area (Å²) in [7, 11) is 0. The summed E-state index contributed by atoms with van der Waals surface area (Å²) in [6.07, 6.45) is -8.23. The van der Waals surface area contributed by atoms with E-state index in [9.17, 15) is 25.2 Å². The zero-order chi connectivity index (χ0) is 14.3. The molecule has 8 nitrogen and oxygen atoms in total. The van der Waals surface area contributed by atoms with Gasteiger partial charge in [0, 0.05) is 6.54 Å². The summed E-state index contributed by atoms with van der Waals surface area (Å²) in [6.45, 7) is 2.54. The minimum absolute atomic E-state index is 0.0561. The average molecular weight is 265 g/mol. The SMILES string of the molecule is C=CCNC(=O)[C@H](O)[C@H](O)[C@H](O)[C@@H](O)[C@H](O)CO. The van der Waals surface area contributed by atoms with Gasteiger partial charge in [-0.3, -0.25) is 4.79 Å². The maximum absolute atomic E-state index is 11.2. The van der Waals surface area contributed by atoms with Crippen LogP contribution in [0, 0.1) is 0 Å². The van der Waals surface area contributed by atoms with Crippen molar-refractivity contribution in [2.75, 3.05) is 13.2 Å². The van der Waals surface area contributed by atoms with E-state index >= 15 is 0 Å². The highest BCUT2D eigenvalue weighted by molar-refractivity contribution is 5.81. The van der Waals surface area contributed by atoms with Crippen LogP contribution in [0.15, 0.2) is 12.7 Å². The Labute approximate surface area is 104 Å². The molecule has 0 bridgehead atoms. The molecule has 0 radical (unpaired) electrons. The van der Waals surface area contributed by atoms with Gasteiger partial charge in [-0.15, -0.1) is 6.58 Å². The lowest BCUT2D eigenvalue weighted by Crippen LogP contribution is -2.54. The van der Waals surface area contributed by atoms with Crippen molar-refractivity contribution in [3.05, 3.63) is 12.7 Å². The second-order valence-corrected chi connectivity index (χ2v) is 3.70. The fourth-order valence-corrected chi connectivity index (χ4v) is 1.16. The lowest BCUT2D eigenvalue weighted by molar-refractivity contribution is -0.156. The Bertz CT molecular complexity index is 273. The molecule has 0 aromatic heterocycles. The van der Waals surface area contributed by atoms with Crippen LogP contribution in [0.2, 0.25) is 0 Å². The van der Waals surface area contributed by atoms with Crippen molar-refractivity contribution in [2.45, 2.75) is 30.5 Å². The van der Waals surface area contributed by atoms with Crippen LogP contribution >= 0.6 is 0 Å². The zero-order valence-corrected chi connectivity index (χ0v) is 9.68. The Hall–Kier alpha value is -1.03. The molecule has 0 saturated carbocycles. The molecule has 0 aliphatic rings. The zero-order valence-electron chi connectivity index (χ0n) is 9.68. The fourth-order valence-electron chi connectivity index (χ4n) is 1.16. The van der Waals surface area contributed by atoms with E-state index in [1.165, 1.54) is 6.08 Å². The first-order valence-electron chi connectivity index (χ1n) is 5.26. The third-order valence-electron chi connectivity index (χ3n) is 2.29. The predicted octanol–water partition coefficient (Wildman–Crippen LogP) is -3.91. The first-order chi connectivity index (χ1) is 8.36. The van der Waals surface area contributed by atoms with Crippen molar-refractivity contribution in [3.63, 3.8) is 0 Å². The molecule has 7 N–H and O–H groups in total. The van der Waals surface area contributed by atoms with Gasteiger partial charge in [0.05, 0.1) is 6.61 Å². The van der Waals surface area contributed by atoms with Crippen molar-refractivity contribution >= 4 is 5.91 Å². The highest BCUT2D eigenvalue weighted by atomic mass is 16.4. The molecule has 0 fully saturated rings. The number of hydrogen-bond donors (Lipinski definition) is 7. The van der Waals surface area contributed by atoms with E-state index in [1.807, 2.05) is 0 Å². The Kier molecular flexibility index (Phi) is 7.67. The van der Waals surface area contributed by atoms with Gasteiger partial charge in [-0.25, -0.2) is 0 Å². The maximum Gasteiger partial charge on any atom is 0.251 e. The molecule has 1 amide bonds.